The zero-order valence-corrected chi connectivity index (χ0v) is 12.2. The first-order chi connectivity index (χ1) is 10.3. The Kier molecular flexibility index (Phi) is 7.23. The molecule has 0 aromatic carbocycles. The molecule has 0 amide bonds. The van der Waals surface area contributed by atoms with E-state index in [-0.39, 0.29) is 12.1 Å². The van der Waals surface area contributed by atoms with Crippen LogP contribution in [-0.4, -0.2) is 72.5 Å². The van der Waals surface area contributed by atoms with Gasteiger partial charge in [-0.1, -0.05) is 0 Å². The highest BCUT2D eigenvalue weighted by Gasteiger charge is 2.26. The van der Waals surface area contributed by atoms with Crippen molar-refractivity contribution in [1.29, 1.82) is 0 Å². The van der Waals surface area contributed by atoms with Crippen LogP contribution in [0.25, 0.3) is 0 Å². The summed E-state index contributed by atoms with van der Waals surface area (Å²) in [6, 6.07) is 0. The van der Waals surface area contributed by atoms with Crippen LogP contribution in [0.4, 0.5) is 0 Å². The normalized spacial score (nSPS) is 16.3. The maximum absolute atomic E-state index is 9.79. The van der Waals surface area contributed by atoms with Crippen molar-refractivity contribution in [3.8, 4) is 0 Å². The first kappa shape index (κ1) is 18.8. The van der Waals surface area contributed by atoms with Gasteiger partial charge in [-0.15, -0.1) is 0 Å². The first-order valence-electron chi connectivity index (χ1n) is 6.76. The van der Waals surface area contributed by atoms with Gasteiger partial charge in [0.1, 0.15) is 18.3 Å². The molecule has 0 aliphatic rings. The van der Waals surface area contributed by atoms with Gasteiger partial charge in [0.25, 0.3) is 5.97 Å². The summed E-state index contributed by atoms with van der Waals surface area (Å²) in [6.45, 7) is -0.687. The van der Waals surface area contributed by atoms with Gasteiger partial charge in [0, 0.05) is 19.7 Å². The summed E-state index contributed by atoms with van der Waals surface area (Å²) in [4.78, 5) is 7.96. The molecule has 0 saturated carbocycles. The Bertz CT molecular complexity index is 441. The Morgan fingerprint density at radius 1 is 1.18 bits per heavy atom. The van der Waals surface area contributed by atoms with Gasteiger partial charge < -0.3 is 35.4 Å². The van der Waals surface area contributed by atoms with Crippen molar-refractivity contribution in [2.45, 2.75) is 43.5 Å². The van der Waals surface area contributed by atoms with Crippen LogP contribution in [0, 0.1) is 0 Å². The Morgan fingerprint density at radius 3 is 2.36 bits per heavy atom. The molecule has 1 heterocycles. The smallest absolute Gasteiger partial charge is 0.277 e. The van der Waals surface area contributed by atoms with E-state index in [1.54, 1.807) is 0 Å². The molecule has 9 heteroatoms. The van der Waals surface area contributed by atoms with Crippen LogP contribution in [0.5, 0.6) is 0 Å². The van der Waals surface area contributed by atoms with Crippen LogP contribution in [0.1, 0.15) is 30.3 Å². The summed E-state index contributed by atoms with van der Waals surface area (Å²) in [5, 5.41) is 55.8. The van der Waals surface area contributed by atoms with Crippen molar-refractivity contribution in [3.63, 3.8) is 0 Å². The van der Waals surface area contributed by atoms with Crippen LogP contribution in [-0.2, 0) is 11.2 Å². The quantitative estimate of drug-likeness (QED) is 0.279. The number of methoxy groups -OCH3 is 1. The number of hydrogen-bond acceptors (Lipinski definition) is 9. The van der Waals surface area contributed by atoms with Crippen LogP contribution in [0.2, 0.25) is 0 Å². The molecule has 0 radical (unpaired) electrons. The lowest BCUT2D eigenvalue weighted by Crippen LogP contribution is -2.35. The van der Waals surface area contributed by atoms with E-state index in [1.807, 2.05) is 0 Å². The molecule has 0 bridgehead atoms. The third-order valence-electron chi connectivity index (χ3n) is 3.20. The molecule has 0 spiro atoms. The van der Waals surface area contributed by atoms with Gasteiger partial charge in [0.2, 0.25) is 0 Å². The first-order valence-corrected chi connectivity index (χ1v) is 6.76. The number of rotatable bonds is 9. The zero-order valence-electron chi connectivity index (χ0n) is 12.2. The Morgan fingerprint density at radius 2 is 1.86 bits per heavy atom. The fraction of sp³-hybridized carbons (Fsp3) is 0.692. The summed E-state index contributed by atoms with van der Waals surface area (Å²) in [5.74, 6) is -2.17. The monoisotopic (exact) mass is 318 g/mol. The van der Waals surface area contributed by atoms with Crippen LogP contribution in [0.15, 0.2) is 12.4 Å². The van der Waals surface area contributed by atoms with E-state index in [9.17, 15) is 25.5 Å². The predicted molar refractivity (Wildman–Crippen MR) is 73.2 cm³/mol. The van der Waals surface area contributed by atoms with Gasteiger partial charge >= 0.3 is 0 Å². The maximum Gasteiger partial charge on any atom is 0.277 e. The second-order valence-electron chi connectivity index (χ2n) is 4.92. The average molecular weight is 318 g/mol. The molecular weight excluding hydrogens is 296 g/mol. The molecule has 0 aliphatic carbocycles. The molecule has 3 unspecified atom stereocenters. The fourth-order valence-corrected chi connectivity index (χ4v) is 1.74. The second-order valence-corrected chi connectivity index (χ2v) is 4.92. The van der Waals surface area contributed by atoms with E-state index >= 15 is 0 Å². The number of ether oxygens (including phenoxy) is 1. The number of hydrogen-bond donors (Lipinski definition) is 6. The minimum Gasteiger partial charge on any atom is -0.394 e. The largest absolute Gasteiger partial charge is 0.394 e. The summed E-state index contributed by atoms with van der Waals surface area (Å²) >= 11 is 0. The van der Waals surface area contributed by atoms with E-state index in [0.29, 0.717) is 18.5 Å². The number of aromatic nitrogens is 2. The zero-order chi connectivity index (χ0) is 16.8. The molecule has 0 saturated heterocycles. The number of nitrogens with zero attached hydrogens (tertiary/aromatic N) is 2. The summed E-state index contributed by atoms with van der Waals surface area (Å²) < 4.78 is 4.46. The molecule has 9 nitrogen and oxygen atoms in total. The van der Waals surface area contributed by atoms with Gasteiger partial charge in [0.15, 0.2) is 0 Å². The third kappa shape index (κ3) is 5.54. The lowest BCUT2D eigenvalue weighted by Gasteiger charge is -2.21. The predicted octanol–water partition coefficient (Wildman–Crippen LogP) is -2.17. The molecule has 0 fully saturated rings. The molecule has 1 aromatic rings. The van der Waals surface area contributed by atoms with Crippen molar-refractivity contribution in [3.05, 3.63) is 23.8 Å². The number of aliphatic hydroxyl groups is 6. The second kappa shape index (κ2) is 8.44. The SMILES string of the molecule is COC(O)(O)CCCc1cnc(C(O)C(O)C(O)CO)cn1. The van der Waals surface area contributed by atoms with Crippen molar-refractivity contribution in [2.75, 3.05) is 13.7 Å². The molecule has 0 aliphatic heterocycles. The Labute approximate surface area is 127 Å². The number of aliphatic hydroxyl groups excluding tert-OH is 4. The van der Waals surface area contributed by atoms with Gasteiger partial charge in [-0.2, -0.15) is 0 Å². The lowest BCUT2D eigenvalue weighted by molar-refractivity contribution is -0.329. The molecular formula is C13H22N2O7. The van der Waals surface area contributed by atoms with Gasteiger partial charge in [0.05, 0.1) is 24.2 Å². The van der Waals surface area contributed by atoms with Crippen molar-refractivity contribution >= 4 is 0 Å². The summed E-state index contributed by atoms with van der Waals surface area (Å²) in [7, 11) is 1.18. The van der Waals surface area contributed by atoms with E-state index in [1.165, 1.54) is 19.5 Å². The highest BCUT2D eigenvalue weighted by Crippen LogP contribution is 2.17. The van der Waals surface area contributed by atoms with Crippen molar-refractivity contribution in [2.24, 2.45) is 0 Å². The molecule has 6 N–H and O–H groups in total. The van der Waals surface area contributed by atoms with Crippen LogP contribution >= 0.6 is 0 Å². The highest BCUT2D eigenvalue weighted by atomic mass is 16.8. The third-order valence-corrected chi connectivity index (χ3v) is 3.20. The van der Waals surface area contributed by atoms with Gasteiger partial charge in [-0.25, -0.2) is 0 Å². The van der Waals surface area contributed by atoms with Crippen LogP contribution < -0.4 is 0 Å². The van der Waals surface area contributed by atoms with E-state index in [4.69, 9.17) is 5.11 Å². The fourth-order valence-electron chi connectivity index (χ4n) is 1.74. The minimum atomic E-state index is -2.17. The Balaban J connectivity index is 2.56. The Hall–Kier alpha value is -1.20. The summed E-state index contributed by atoms with van der Waals surface area (Å²) in [5.41, 5.74) is 0.611. The highest BCUT2D eigenvalue weighted by molar-refractivity contribution is 5.07. The minimum absolute atomic E-state index is 0.00301. The van der Waals surface area contributed by atoms with E-state index in [0.717, 1.165) is 0 Å². The lowest BCUT2D eigenvalue weighted by atomic mass is 10.1. The van der Waals surface area contributed by atoms with Crippen molar-refractivity contribution < 1.29 is 35.4 Å². The molecule has 22 heavy (non-hydrogen) atoms. The van der Waals surface area contributed by atoms with E-state index < -0.39 is 30.9 Å². The molecule has 1 rings (SSSR count). The van der Waals surface area contributed by atoms with Gasteiger partial charge in [-0.3, -0.25) is 9.97 Å². The van der Waals surface area contributed by atoms with E-state index in [2.05, 4.69) is 14.7 Å². The van der Waals surface area contributed by atoms with Crippen molar-refractivity contribution in [1.82, 2.24) is 9.97 Å². The van der Waals surface area contributed by atoms with Gasteiger partial charge in [-0.05, 0) is 12.8 Å². The average Bonchev–Trinajstić information content (AvgIpc) is 2.53. The maximum atomic E-state index is 9.79. The molecule has 1 aromatic heterocycles. The van der Waals surface area contributed by atoms with Crippen LogP contribution in [0.3, 0.4) is 0 Å². The number of aryl methyl sites for hydroxylation is 1. The molecule has 3 atom stereocenters. The molecule has 126 valence electrons. The summed E-state index contributed by atoms with van der Waals surface area (Å²) in [6.07, 6.45) is -1.10. The standard InChI is InChI=1S/C13H22N2O7/c1-22-13(20,21)4-2-3-8-5-15-9(6-14-8)11(18)12(19)10(17)7-16/h5-6,10-12,16-21H,2-4,7H2,1H3. The topological polar surface area (TPSA) is 156 Å².